The highest BCUT2D eigenvalue weighted by atomic mass is 32.2. The molecule has 4 rings (SSSR count). The van der Waals surface area contributed by atoms with Crippen molar-refractivity contribution in [2.75, 3.05) is 33.2 Å². The number of nitrogens with zero attached hydrogens (tertiary/aromatic N) is 4. The Bertz CT molecular complexity index is 1050. The molecule has 7 nitrogen and oxygen atoms in total. The number of benzene rings is 1. The molecule has 1 aromatic carbocycles. The van der Waals surface area contributed by atoms with Gasteiger partial charge in [0.1, 0.15) is 10.6 Å². The number of piperazine rings is 1. The average Bonchev–Trinajstić information content (AvgIpc) is 2.69. The molecule has 0 bridgehead atoms. The van der Waals surface area contributed by atoms with Crippen LogP contribution in [0, 0.1) is 0 Å². The van der Waals surface area contributed by atoms with Crippen LogP contribution in [0.3, 0.4) is 0 Å². The van der Waals surface area contributed by atoms with Gasteiger partial charge in [0, 0.05) is 50.0 Å². The van der Waals surface area contributed by atoms with Gasteiger partial charge >= 0.3 is 0 Å². The molecule has 1 saturated heterocycles. The predicted octanol–water partition coefficient (Wildman–Crippen LogP) is 2.36. The lowest BCUT2D eigenvalue weighted by atomic mass is 10.2. The number of ether oxygens (including phenoxy) is 1. The number of aromatic nitrogens is 2. The SMILES string of the molecule is CN1CCN(S(=O)(=O)c2ccc(Oc3ccc4ccncc4c3)nc2)CC1. The van der Waals surface area contributed by atoms with Gasteiger partial charge in [0.05, 0.1) is 6.20 Å². The minimum atomic E-state index is -3.52. The summed E-state index contributed by atoms with van der Waals surface area (Å²) >= 11 is 0. The lowest BCUT2D eigenvalue weighted by Gasteiger charge is -2.31. The maximum Gasteiger partial charge on any atom is 0.244 e. The van der Waals surface area contributed by atoms with E-state index in [9.17, 15) is 8.42 Å². The van der Waals surface area contributed by atoms with E-state index in [2.05, 4.69) is 14.9 Å². The Kier molecular flexibility index (Phi) is 4.77. The van der Waals surface area contributed by atoms with Crippen LogP contribution >= 0.6 is 0 Å². The molecule has 2 aromatic heterocycles. The average molecular weight is 384 g/mol. The molecule has 8 heteroatoms. The highest BCUT2D eigenvalue weighted by molar-refractivity contribution is 7.89. The molecular weight excluding hydrogens is 364 g/mol. The van der Waals surface area contributed by atoms with Gasteiger partial charge in [-0.25, -0.2) is 13.4 Å². The Morgan fingerprint density at radius 3 is 2.52 bits per heavy atom. The van der Waals surface area contributed by atoms with Crippen molar-refractivity contribution in [3.8, 4) is 11.6 Å². The fourth-order valence-electron chi connectivity index (χ4n) is 3.00. The van der Waals surface area contributed by atoms with Gasteiger partial charge in [0.15, 0.2) is 0 Å². The third-order valence-electron chi connectivity index (χ3n) is 4.64. The minimum absolute atomic E-state index is 0.183. The molecule has 0 spiro atoms. The normalized spacial score (nSPS) is 16.5. The molecule has 1 aliphatic heterocycles. The zero-order chi connectivity index (χ0) is 18.9. The number of sulfonamides is 1. The number of pyridine rings is 2. The zero-order valence-electron chi connectivity index (χ0n) is 14.9. The maximum atomic E-state index is 12.7. The lowest BCUT2D eigenvalue weighted by Crippen LogP contribution is -2.47. The first-order chi connectivity index (χ1) is 13.0. The molecule has 27 heavy (non-hydrogen) atoms. The van der Waals surface area contributed by atoms with Crippen molar-refractivity contribution < 1.29 is 13.2 Å². The summed E-state index contributed by atoms with van der Waals surface area (Å²) in [6, 6.07) is 10.7. The second-order valence-electron chi connectivity index (χ2n) is 6.53. The van der Waals surface area contributed by atoms with Crippen LogP contribution in [-0.2, 0) is 10.0 Å². The van der Waals surface area contributed by atoms with E-state index in [0.29, 0.717) is 24.7 Å². The molecule has 0 amide bonds. The maximum absolute atomic E-state index is 12.7. The summed E-state index contributed by atoms with van der Waals surface area (Å²) in [7, 11) is -1.54. The molecule has 3 aromatic rings. The van der Waals surface area contributed by atoms with Gasteiger partial charge < -0.3 is 9.64 Å². The fourth-order valence-corrected chi connectivity index (χ4v) is 4.37. The van der Waals surface area contributed by atoms with Crippen LogP contribution in [0.2, 0.25) is 0 Å². The van der Waals surface area contributed by atoms with Crippen LogP contribution in [0.25, 0.3) is 10.8 Å². The summed E-state index contributed by atoms with van der Waals surface area (Å²) in [6.45, 7) is 2.43. The first-order valence-corrected chi connectivity index (χ1v) is 10.1. The molecular formula is C19H20N4O3S. The summed E-state index contributed by atoms with van der Waals surface area (Å²) in [4.78, 5) is 10.6. The van der Waals surface area contributed by atoms with Gasteiger partial charge in [-0.1, -0.05) is 6.07 Å². The van der Waals surface area contributed by atoms with Gasteiger partial charge in [0.25, 0.3) is 0 Å². The van der Waals surface area contributed by atoms with Crippen molar-refractivity contribution in [2.45, 2.75) is 4.90 Å². The van der Waals surface area contributed by atoms with Gasteiger partial charge in [0.2, 0.25) is 15.9 Å². The van der Waals surface area contributed by atoms with Gasteiger partial charge in [-0.05, 0) is 36.7 Å². The van der Waals surface area contributed by atoms with E-state index in [0.717, 1.165) is 23.9 Å². The van der Waals surface area contributed by atoms with Crippen molar-refractivity contribution in [1.82, 2.24) is 19.2 Å². The number of hydrogen-bond acceptors (Lipinski definition) is 6. The summed E-state index contributed by atoms with van der Waals surface area (Å²) in [5.41, 5.74) is 0. The lowest BCUT2D eigenvalue weighted by molar-refractivity contribution is 0.222. The zero-order valence-corrected chi connectivity index (χ0v) is 15.8. The molecule has 0 N–H and O–H groups in total. The van der Waals surface area contributed by atoms with E-state index in [1.807, 2.05) is 31.3 Å². The van der Waals surface area contributed by atoms with E-state index in [4.69, 9.17) is 4.74 Å². The van der Waals surface area contributed by atoms with Crippen LogP contribution in [-0.4, -0.2) is 60.8 Å². The Labute approximate surface area is 158 Å². The number of rotatable bonds is 4. The van der Waals surface area contributed by atoms with E-state index in [-0.39, 0.29) is 4.90 Å². The van der Waals surface area contributed by atoms with Gasteiger partial charge in [-0.15, -0.1) is 0 Å². The Morgan fingerprint density at radius 2 is 1.78 bits per heavy atom. The van der Waals surface area contributed by atoms with Crippen LogP contribution in [0.1, 0.15) is 0 Å². The topological polar surface area (TPSA) is 75.6 Å². The van der Waals surface area contributed by atoms with Crippen LogP contribution in [0.15, 0.2) is 59.9 Å². The second-order valence-corrected chi connectivity index (χ2v) is 8.46. The molecule has 1 aliphatic rings. The van der Waals surface area contributed by atoms with Gasteiger partial charge in [-0.2, -0.15) is 4.31 Å². The molecule has 0 unspecified atom stereocenters. The summed E-state index contributed by atoms with van der Waals surface area (Å²) in [6.07, 6.45) is 4.86. The fraction of sp³-hybridized carbons (Fsp3) is 0.263. The molecule has 3 heterocycles. The molecule has 0 aliphatic carbocycles. The monoisotopic (exact) mass is 384 g/mol. The van der Waals surface area contributed by atoms with Crippen molar-refractivity contribution in [1.29, 1.82) is 0 Å². The van der Waals surface area contributed by atoms with Crippen LogP contribution in [0.5, 0.6) is 11.6 Å². The molecule has 0 atom stereocenters. The molecule has 140 valence electrons. The van der Waals surface area contributed by atoms with E-state index in [1.54, 1.807) is 24.5 Å². The van der Waals surface area contributed by atoms with Crippen LogP contribution in [0.4, 0.5) is 0 Å². The minimum Gasteiger partial charge on any atom is -0.439 e. The first-order valence-electron chi connectivity index (χ1n) is 8.69. The van der Waals surface area contributed by atoms with Crippen molar-refractivity contribution in [3.63, 3.8) is 0 Å². The molecule has 0 saturated carbocycles. The van der Waals surface area contributed by atoms with Gasteiger partial charge in [-0.3, -0.25) is 4.98 Å². The molecule has 0 radical (unpaired) electrons. The van der Waals surface area contributed by atoms with Crippen LogP contribution < -0.4 is 4.74 Å². The highest BCUT2D eigenvalue weighted by Crippen LogP contribution is 2.25. The van der Waals surface area contributed by atoms with Crippen molar-refractivity contribution in [2.24, 2.45) is 0 Å². The van der Waals surface area contributed by atoms with Crippen molar-refractivity contribution in [3.05, 3.63) is 55.0 Å². The van der Waals surface area contributed by atoms with Crippen molar-refractivity contribution >= 4 is 20.8 Å². The third kappa shape index (κ3) is 3.78. The van der Waals surface area contributed by atoms with E-state index in [1.165, 1.54) is 10.5 Å². The number of likely N-dealkylation sites (N-methyl/N-ethyl adjacent to an activating group) is 1. The predicted molar refractivity (Wildman–Crippen MR) is 102 cm³/mol. The highest BCUT2D eigenvalue weighted by Gasteiger charge is 2.27. The van der Waals surface area contributed by atoms with E-state index >= 15 is 0 Å². The standard InChI is InChI=1S/C19H20N4O3S/c1-22-8-10-23(11-9-22)27(24,25)18-4-5-19(21-14-18)26-17-3-2-15-6-7-20-13-16(15)12-17/h2-7,12-14H,8-11H2,1H3. The quantitative estimate of drug-likeness (QED) is 0.687. The number of hydrogen-bond donors (Lipinski definition) is 0. The summed E-state index contributed by atoms with van der Waals surface area (Å²) in [5.74, 6) is 0.966. The third-order valence-corrected chi connectivity index (χ3v) is 6.53. The molecule has 1 fully saturated rings. The Morgan fingerprint density at radius 1 is 0.963 bits per heavy atom. The smallest absolute Gasteiger partial charge is 0.244 e. The first kappa shape index (κ1) is 17.8. The van der Waals surface area contributed by atoms with E-state index < -0.39 is 10.0 Å². The summed E-state index contributed by atoms with van der Waals surface area (Å²) in [5, 5.41) is 2.03. The Balaban J connectivity index is 1.51. The summed E-state index contributed by atoms with van der Waals surface area (Å²) < 4.78 is 32.7. The second kappa shape index (κ2) is 7.22. The largest absolute Gasteiger partial charge is 0.439 e. The number of fused-ring (bicyclic) bond motifs is 1. The Hall–Kier alpha value is -2.55.